The highest BCUT2D eigenvalue weighted by molar-refractivity contribution is 5.93. The third kappa shape index (κ3) is 10.2. The topological polar surface area (TPSA) is 154 Å². The van der Waals surface area contributed by atoms with Crippen LogP contribution in [0.3, 0.4) is 0 Å². The molecule has 0 aliphatic heterocycles. The summed E-state index contributed by atoms with van der Waals surface area (Å²) in [6.07, 6.45) is -0.569. The number of nitrogens with one attached hydrogen (secondary N) is 2. The highest BCUT2D eigenvalue weighted by Gasteiger charge is 2.36. The first kappa shape index (κ1) is 29.7. The third-order valence-corrected chi connectivity index (χ3v) is 4.70. The second-order valence-electron chi connectivity index (χ2n) is 9.38. The van der Waals surface area contributed by atoms with E-state index in [1.54, 1.807) is 20.8 Å². The number of aliphatic hydroxyl groups excluding tert-OH is 1. The predicted octanol–water partition coefficient (Wildman–Crippen LogP) is 1.48. The summed E-state index contributed by atoms with van der Waals surface area (Å²) in [5.74, 6) is -2.22. The van der Waals surface area contributed by atoms with Crippen molar-refractivity contribution in [2.45, 2.75) is 58.7 Å². The molecule has 0 aliphatic carbocycles. The minimum Gasteiger partial charge on any atom is -0.508 e. The number of rotatable bonds is 11. The van der Waals surface area contributed by atoms with Gasteiger partial charge in [-0.15, -0.1) is 0 Å². The maximum absolute atomic E-state index is 13.7. The number of phenolic OH excluding ortho intramolecular Hbond substituents is 1. The van der Waals surface area contributed by atoms with Crippen LogP contribution in [0.5, 0.6) is 5.75 Å². The molecule has 2 atom stereocenters. The van der Waals surface area contributed by atoms with Crippen molar-refractivity contribution in [3.63, 3.8) is 0 Å². The van der Waals surface area contributed by atoms with Gasteiger partial charge in [0.2, 0.25) is 11.8 Å². The average Bonchev–Trinajstić information content (AvgIpc) is 2.74. The van der Waals surface area contributed by atoms with Crippen LogP contribution in [0.4, 0.5) is 4.79 Å². The Hall–Kier alpha value is -3.34. The lowest BCUT2D eigenvalue weighted by Gasteiger charge is -2.34. The van der Waals surface area contributed by atoms with Crippen molar-refractivity contribution in [3.8, 4) is 5.75 Å². The number of phenols is 1. The number of esters is 1. The molecule has 1 aromatic carbocycles. The number of aromatic hydroxyl groups is 1. The Labute approximate surface area is 205 Å². The summed E-state index contributed by atoms with van der Waals surface area (Å²) < 4.78 is 9.84. The van der Waals surface area contributed by atoms with Crippen molar-refractivity contribution >= 4 is 23.9 Å². The van der Waals surface area contributed by atoms with E-state index >= 15 is 0 Å². The van der Waals surface area contributed by atoms with Gasteiger partial charge in [-0.25, -0.2) is 4.79 Å². The van der Waals surface area contributed by atoms with Crippen LogP contribution < -0.4 is 10.6 Å². The Balaban J connectivity index is 3.40. The number of carbonyl (C=O) groups excluding carboxylic acids is 4. The van der Waals surface area contributed by atoms with Crippen LogP contribution in [0.1, 0.15) is 52.6 Å². The van der Waals surface area contributed by atoms with Crippen molar-refractivity contribution in [1.29, 1.82) is 0 Å². The number of nitrogens with zero attached hydrogens (tertiary/aromatic N) is 1. The molecule has 0 aromatic heterocycles. The number of benzene rings is 1. The fraction of sp³-hybridized carbons (Fsp3) is 0.583. The normalized spacial score (nSPS) is 12.9. The smallest absolute Gasteiger partial charge is 0.408 e. The molecule has 11 heteroatoms. The van der Waals surface area contributed by atoms with Crippen LogP contribution in [0.2, 0.25) is 0 Å². The molecule has 0 aliphatic rings. The van der Waals surface area contributed by atoms with Gasteiger partial charge in [0.05, 0.1) is 13.7 Å². The fourth-order valence-corrected chi connectivity index (χ4v) is 3.31. The molecule has 0 radical (unpaired) electrons. The summed E-state index contributed by atoms with van der Waals surface area (Å²) >= 11 is 0. The molecule has 35 heavy (non-hydrogen) atoms. The van der Waals surface area contributed by atoms with Gasteiger partial charge < -0.3 is 35.2 Å². The Morgan fingerprint density at radius 1 is 1.14 bits per heavy atom. The van der Waals surface area contributed by atoms with E-state index in [9.17, 15) is 29.4 Å². The number of alkyl carbamates (subject to hydrolysis) is 1. The van der Waals surface area contributed by atoms with Crippen molar-refractivity contribution in [2.24, 2.45) is 5.92 Å². The zero-order chi connectivity index (χ0) is 26.8. The molecule has 0 heterocycles. The van der Waals surface area contributed by atoms with Gasteiger partial charge in [0, 0.05) is 6.54 Å². The third-order valence-electron chi connectivity index (χ3n) is 4.70. The summed E-state index contributed by atoms with van der Waals surface area (Å²) in [5.41, 5.74) is -0.548. The number of hydrogen-bond donors (Lipinski definition) is 4. The predicted molar refractivity (Wildman–Crippen MR) is 127 cm³/mol. The molecule has 2 unspecified atom stereocenters. The van der Waals surface area contributed by atoms with E-state index in [0.717, 1.165) is 4.90 Å². The van der Waals surface area contributed by atoms with E-state index in [-0.39, 0.29) is 30.2 Å². The first-order chi connectivity index (χ1) is 16.3. The zero-order valence-electron chi connectivity index (χ0n) is 21.2. The van der Waals surface area contributed by atoms with Crippen molar-refractivity contribution in [1.82, 2.24) is 15.5 Å². The van der Waals surface area contributed by atoms with Gasteiger partial charge in [0.25, 0.3) is 0 Å². The van der Waals surface area contributed by atoms with Crippen molar-refractivity contribution < 1.29 is 38.9 Å². The van der Waals surface area contributed by atoms with Crippen LogP contribution in [-0.4, -0.2) is 77.4 Å². The van der Waals surface area contributed by atoms with Gasteiger partial charge in [-0.3, -0.25) is 14.4 Å². The van der Waals surface area contributed by atoms with Crippen LogP contribution in [0.15, 0.2) is 24.3 Å². The fourth-order valence-electron chi connectivity index (χ4n) is 3.31. The maximum atomic E-state index is 13.7. The second-order valence-corrected chi connectivity index (χ2v) is 9.38. The first-order valence-corrected chi connectivity index (χ1v) is 11.3. The molecule has 0 spiro atoms. The minimum atomic E-state index is -1.32. The number of amides is 3. The Morgan fingerprint density at radius 2 is 1.80 bits per heavy atom. The van der Waals surface area contributed by atoms with E-state index in [2.05, 4.69) is 15.4 Å². The van der Waals surface area contributed by atoms with Gasteiger partial charge in [0.1, 0.15) is 30.0 Å². The molecule has 3 amide bonds. The molecule has 11 nitrogen and oxygen atoms in total. The number of ether oxygens (including phenoxy) is 2. The van der Waals surface area contributed by atoms with Crippen LogP contribution in [-0.2, 0) is 23.9 Å². The van der Waals surface area contributed by atoms with E-state index in [4.69, 9.17) is 4.74 Å². The minimum absolute atomic E-state index is 0.0118. The molecule has 196 valence electrons. The number of methoxy groups -OCH3 is 1. The standard InChI is InChI=1S/C24H37N3O8/c1-15(2)12-18(26-23(33)35-24(3,4)5)22(32)27(10-11-28)20(16-8-7-9-17(29)13-16)21(31)25-14-19(30)34-6/h7-9,13,15,18,20,28-29H,10-12,14H2,1-6H3,(H,25,31)(H,26,33). The molecule has 1 rings (SSSR count). The van der Waals surface area contributed by atoms with Crippen molar-refractivity contribution in [2.75, 3.05) is 26.8 Å². The highest BCUT2D eigenvalue weighted by atomic mass is 16.6. The lowest BCUT2D eigenvalue weighted by atomic mass is 9.99. The van der Waals surface area contributed by atoms with Crippen LogP contribution >= 0.6 is 0 Å². The van der Waals surface area contributed by atoms with Gasteiger partial charge >= 0.3 is 12.1 Å². The monoisotopic (exact) mass is 495 g/mol. The van der Waals surface area contributed by atoms with Gasteiger partial charge in [-0.05, 0) is 50.8 Å². The summed E-state index contributed by atoms with van der Waals surface area (Å²) in [5, 5.41) is 24.7. The van der Waals surface area contributed by atoms with Crippen LogP contribution in [0.25, 0.3) is 0 Å². The molecule has 0 saturated carbocycles. The van der Waals surface area contributed by atoms with E-state index < -0.39 is 54.7 Å². The van der Waals surface area contributed by atoms with Crippen LogP contribution in [0, 0.1) is 5.92 Å². The van der Waals surface area contributed by atoms with Crippen molar-refractivity contribution in [3.05, 3.63) is 29.8 Å². The second kappa shape index (κ2) is 13.5. The summed E-state index contributed by atoms with van der Waals surface area (Å²) in [6.45, 7) is 7.61. The average molecular weight is 496 g/mol. The molecule has 0 saturated heterocycles. The first-order valence-electron chi connectivity index (χ1n) is 11.3. The molecule has 0 fully saturated rings. The Kier molecular flexibility index (Phi) is 11.5. The molecule has 4 N–H and O–H groups in total. The van der Waals surface area contributed by atoms with E-state index in [1.807, 2.05) is 13.8 Å². The van der Waals surface area contributed by atoms with E-state index in [0.29, 0.717) is 0 Å². The maximum Gasteiger partial charge on any atom is 0.408 e. The summed E-state index contributed by atoms with van der Waals surface area (Å²) in [6, 6.07) is 3.34. The lowest BCUT2D eigenvalue weighted by Crippen LogP contribution is -2.54. The Morgan fingerprint density at radius 3 is 2.31 bits per heavy atom. The highest BCUT2D eigenvalue weighted by Crippen LogP contribution is 2.26. The summed E-state index contributed by atoms with van der Waals surface area (Å²) in [7, 11) is 1.17. The van der Waals surface area contributed by atoms with E-state index in [1.165, 1.54) is 31.4 Å². The molecular formula is C24H37N3O8. The number of carbonyl (C=O) groups is 4. The zero-order valence-corrected chi connectivity index (χ0v) is 21.2. The SMILES string of the molecule is COC(=O)CNC(=O)C(c1cccc(O)c1)N(CCO)C(=O)C(CC(C)C)NC(=O)OC(C)(C)C. The van der Waals surface area contributed by atoms with Gasteiger partial charge in [-0.1, -0.05) is 26.0 Å². The molecule has 0 bridgehead atoms. The Bertz CT molecular complexity index is 882. The number of hydrogen-bond acceptors (Lipinski definition) is 8. The molecule has 1 aromatic rings. The lowest BCUT2D eigenvalue weighted by molar-refractivity contribution is -0.145. The largest absolute Gasteiger partial charge is 0.508 e. The number of aliphatic hydroxyl groups is 1. The quantitative estimate of drug-likeness (QED) is 0.337. The summed E-state index contributed by atoms with van der Waals surface area (Å²) in [4.78, 5) is 52.0. The van der Waals surface area contributed by atoms with Gasteiger partial charge in [0.15, 0.2) is 0 Å². The molecular weight excluding hydrogens is 458 g/mol. The van der Waals surface area contributed by atoms with Gasteiger partial charge in [-0.2, -0.15) is 0 Å².